The van der Waals surface area contributed by atoms with Crippen LogP contribution in [0.15, 0.2) is 24.3 Å². The van der Waals surface area contributed by atoms with E-state index in [1.165, 1.54) is 155 Å². The van der Waals surface area contributed by atoms with E-state index in [1.54, 1.807) is 0 Å². The van der Waals surface area contributed by atoms with Crippen molar-refractivity contribution in [3.63, 3.8) is 0 Å². The van der Waals surface area contributed by atoms with E-state index >= 15 is 0 Å². The molecule has 2 aromatic rings. The van der Waals surface area contributed by atoms with Crippen LogP contribution >= 0.6 is 23.5 Å². The van der Waals surface area contributed by atoms with Crippen LogP contribution in [0.3, 0.4) is 0 Å². The highest BCUT2D eigenvalue weighted by atomic mass is 32.2. The zero-order valence-electron chi connectivity index (χ0n) is 39.7. The van der Waals surface area contributed by atoms with Crippen molar-refractivity contribution in [1.82, 2.24) is 0 Å². The Morgan fingerprint density at radius 3 is 1.60 bits per heavy atom. The monoisotopic (exact) mass is 851 g/mol. The Hall–Kier alpha value is -1.26. The summed E-state index contributed by atoms with van der Waals surface area (Å²) in [6.45, 7) is 24.1. The standard InChI is InChI=1S/C56H82O2S2/c1-11-50-25-36-26-51(12-2,32-50)54(27-36,33-50)42-23-39(48(5,6)7)21-37(46(42)57)30-59-44-19-17-15-16-18-20-45(44)60-31-38-22-40(49(8,9)10)24-43(47(38)58)55-29-41-28-52(13-3)34-53(14-4,35-55)56(41,52)55/h21-24,36,41,44-45,57-58H,11-20,25-35H2,1-10H3/t36?,41?,44?,45?,50?,51?,52-,53?,54?,55?,56?/m1/s1. The van der Waals surface area contributed by atoms with Crippen LogP contribution in [0.2, 0.25) is 0 Å². The third-order valence-electron chi connectivity index (χ3n) is 21.0. The Morgan fingerprint density at radius 2 is 1.10 bits per heavy atom. The molecule has 9 aliphatic carbocycles. The van der Waals surface area contributed by atoms with Gasteiger partial charge in [-0.15, -0.1) is 0 Å². The maximum absolute atomic E-state index is 12.6. The van der Waals surface area contributed by atoms with Crippen LogP contribution in [-0.4, -0.2) is 20.7 Å². The Balaban J connectivity index is 0.940. The van der Waals surface area contributed by atoms with E-state index in [9.17, 15) is 10.2 Å². The van der Waals surface area contributed by atoms with E-state index in [4.69, 9.17) is 0 Å². The second-order valence-corrected chi connectivity index (χ2v) is 27.7. The van der Waals surface area contributed by atoms with E-state index in [-0.39, 0.29) is 21.7 Å². The summed E-state index contributed by atoms with van der Waals surface area (Å²) < 4.78 is 0. The molecule has 4 bridgehead atoms. The number of benzene rings is 2. The van der Waals surface area contributed by atoms with Gasteiger partial charge >= 0.3 is 0 Å². The Bertz CT molecular complexity index is 2030. The molecule has 0 saturated heterocycles. The Labute approximate surface area is 374 Å². The van der Waals surface area contributed by atoms with Crippen molar-refractivity contribution in [1.29, 1.82) is 0 Å². The molecule has 2 aromatic carbocycles. The largest absolute Gasteiger partial charge is 0.507 e. The molecular formula is C56H82O2S2. The van der Waals surface area contributed by atoms with Crippen LogP contribution < -0.4 is 0 Å². The minimum Gasteiger partial charge on any atom is -0.507 e. The average molecular weight is 851 g/mol. The molecule has 9 aliphatic rings. The first-order valence-corrected chi connectivity index (χ1v) is 27.4. The molecule has 2 N–H and O–H groups in total. The van der Waals surface area contributed by atoms with Gasteiger partial charge in [-0.05, 0) is 151 Å². The van der Waals surface area contributed by atoms with Crippen molar-refractivity contribution >= 4 is 23.5 Å². The van der Waals surface area contributed by atoms with Crippen LogP contribution in [-0.2, 0) is 33.2 Å². The van der Waals surface area contributed by atoms with Gasteiger partial charge in [0.2, 0.25) is 0 Å². The van der Waals surface area contributed by atoms with Gasteiger partial charge in [-0.1, -0.05) is 126 Å². The molecule has 60 heavy (non-hydrogen) atoms. The molecule has 330 valence electrons. The lowest BCUT2D eigenvalue weighted by molar-refractivity contribution is -0.496. The van der Waals surface area contributed by atoms with E-state index in [1.807, 2.05) is 0 Å². The molecule has 0 radical (unpaired) electrons. The van der Waals surface area contributed by atoms with Crippen molar-refractivity contribution < 1.29 is 10.2 Å². The molecule has 9 fully saturated rings. The van der Waals surface area contributed by atoms with E-state index in [0.29, 0.717) is 49.1 Å². The van der Waals surface area contributed by atoms with Gasteiger partial charge in [-0.2, -0.15) is 23.5 Å². The normalized spacial score (nSPS) is 42.3. The summed E-state index contributed by atoms with van der Waals surface area (Å²) in [7, 11) is 0. The lowest BCUT2D eigenvalue weighted by Crippen LogP contribution is -2.95. The van der Waals surface area contributed by atoms with Crippen molar-refractivity contribution in [3.05, 3.63) is 57.6 Å². The van der Waals surface area contributed by atoms with Gasteiger partial charge in [0.1, 0.15) is 11.5 Å². The van der Waals surface area contributed by atoms with Gasteiger partial charge in [0.25, 0.3) is 0 Å². The van der Waals surface area contributed by atoms with Crippen molar-refractivity contribution in [2.24, 2.45) is 38.9 Å². The molecule has 2 nitrogen and oxygen atoms in total. The van der Waals surface area contributed by atoms with Crippen molar-refractivity contribution in [2.45, 2.75) is 235 Å². The molecule has 10 unspecified atom stereocenters. The molecular weight excluding hydrogens is 769 g/mol. The summed E-state index contributed by atoms with van der Waals surface area (Å²) in [5.41, 5.74) is 10.6. The van der Waals surface area contributed by atoms with Crippen LogP contribution in [0.1, 0.15) is 225 Å². The van der Waals surface area contributed by atoms with Gasteiger partial charge in [0, 0.05) is 55.1 Å². The van der Waals surface area contributed by atoms with Crippen LogP contribution in [0.4, 0.5) is 0 Å². The maximum atomic E-state index is 12.6. The number of aromatic hydroxyl groups is 2. The summed E-state index contributed by atoms with van der Waals surface area (Å²) in [6.07, 6.45) is 25.1. The molecule has 0 aromatic heterocycles. The second kappa shape index (κ2) is 13.9. The number of hydrogen-bond acceptors (Lipinski definition) is 4. The summed E-state index contributed by atoms with van der Waals surface area (Å²) in [4.78, 5) is 0. The van der Waals surface area contributed by atoms with E-state index in [2.05, 4.69) is 117 Å². The van der Waals surface area contributed by atoms with Crippen LogP contribution in [0, 0.1) is 38.9 Å². The zero-order chi connectivity index (χ0) is 42.5. The number of rotatable bonds is 12. The maximum Gasteiger partial charge on any atom is 0.123 e. The first-order chi connectivity index (χ1) is 28.4. The van der Waals surface area contributed by atoms with Gasteiger partial charge in [0.05, 0.1) is 0 Å². The lowest BCUT2D eigenvalue weighted by atomic mass is 9.03. The molecule has 0 amide bonds. The fourth-order valence-electron chi connectivity index (χ4n) is 18.7. The minimum absolute atomic E-state index is 0.0312. The average Bonchev–Trinajstić information content (AvgIpc) is 3.51. The topological polar surface area (TPSA) is 40.5 Å². The van der Waals surface area contributed by atoms with Crippen LogP contribution in [0.5, 0.6) is 11.5 Å². The summed E-state index contributed by atoms with van der Waals surface area (Å²) in [6, 6.07) is 9.82. The zero-order valence-corrected chi connectivity index (χ0v) is 41.3. The number of phenolic OH excluding ortho intramolecular Hbond substituents is 2. The Kier molecular flexibility index (Phi) is 9.87. The highest BCUT2D eigenvalue weighted by molar-refractivity contribution is 8.03. The molecule has 4 heteroatoms. The molecule has 9 saturated carbocycles. The van der Waals surface area contributed by atoms with Gasteiger partial charge in [-0.25, -0.2) is 0 Å². The molecule has 0 aliphatic heterocycles. The highest BCUT2D eigenvalue weighted by Crippen LogP contribution is 3.03. The summed E-state index contributed by atoms with van der Waals surface area (Å²) in [5, 5.41) is 26.3. The third kappa shape index (κ3) is 5.40. The molecule has 11 atom stereocenters. The number of thioether (sulfide) groups is 2. The second-order valence-electron chi connectivity index (χ2n) is 25.3. The van der Waals surface area contributed by atoms with E-state index in [0.717, 1.165) is 23.3 Å². The van der Waals surface area contributed by atoms with E-state index < -0.39 is 0 Å². The molecule has 0 heterocycles. The number of hydrogen-bond donors (Lipinski definition) is 2. The van der Waals surface area contributed by atoms with Gasteiger partial charge in [0.15, 0.2) is 0 Å². The predicted octanol–water partition coefficient (Wildman–Crippen LogP) is 15.8. The first-order valence-electron chi connectivity index (χ1n) is 25.3. The summed E-state index contributed by atoms with van der Waals surface area (Å²) >= 11 is 4.31. The van der Waals surface area contributed by atoms with Crippen molar-refractivity contribution in [3.8, 4) is 11.5 Å². The smallest absolute Gasteiger partial charge is 0.123 e. The van der Waals surface area contributed by atoms with Gasteiger partial charge < -0.3 is 10.2 Å². The molecule has 11 rings (SSSR count). The Morgan fingerprint density at radius 1 is 0.550 bits per heavy atom. The minimum atomic E-state index is 0.0312. The van der Waals surface area contributed by atoms with Gasteiger partial charge in [-0.3, -0.25) is 0 Å². The van der Waals surface area contributed by atoms with Crippen molar-refractivity contribution in [2.75, 3.05) is 0 Å². The summed E-state index contributed by atoms with van der Waals surface area (Å²) in [5.74, 6) is 4.80. The SMILES string of the molecule is CCC12CC3CC(CC)(C1)C(c1cc(C(C)(C)C)cc(CSC4CCCCCCC4SCc4cc(C(C)(C)C)cc(C56CC7C[C@]8(CC)CC(CC)(C5)C768)c4O)c1O)(C3)C2. The first kappa shape index (κ1) is 42.7. The lowest BCUT2D eigenvalue weighted by Gasteiger charge is -3.00. The highest BCUT2D eigenvalue weighted by Gasteiger charge is 2.97. The fraction of sp³-hybridized carbons (Fsp3) is 0.786. The fourth-order valence-corrected chi connectivity index (χ4v) is 21.7. The number of phenols is 2. The van der Waals surface area contributed by atoms with Crippen LogP contribution in [0.25, 0.3) is 0 Å². The third-order valence-corrected chi connectivity index (χ3v) is 24.1. The molecule has 1 spiro atoms. The predicted molar refractivity (Wildman–Crippen MR) is 257 cm³/mol. The quantitative estimate of drug-likeness (QED) is 0.223.